The SMILES string of the molecule is CCC(C(=O)c1ccc(C(c2ccccc2)N(C)C)cc1)N(C)C. The minimum atomic E-state index is -0.0605. The highest BCUT2D eigenvalue weighted by Gasteiger charge is 2.21. The van der Waals surface area contributed by atoms with E-state index < -0.39 is 0 Å². The van der Waals surface area contributed by atoms with Gasteiger partial charge in [0.1, 0.15) is 0 Å². The van der Waals surface area contributed by atoms with Crippen molar-refractivity contribution in [2.75, 3.05) is 28.2 Å². The molecule has 24 heavy (non-hydrogen) atoms. The van der Waals surface area contributed by atoms with Crippen LogP contribution in [0.3, 0.4) is 0 Å². The highest BCUT2D eigenvalue weighted by atomic mass is 16.1. The highest BCUT2D eigenvalue weighted by molar-refractivity contribution is 6.00. The molecule has 0 saturated heterocycles. The van der Waals surface area contributed by atoms with E-state index in [0.717, 1.165) is 12.0 Å². The summed E-state index contributed by atoms with van der Waals surface area (Å²) < 4.78 is 0. The van der Waals surface area contributed by atoms with E-state index in [1.807, 2.05) is 37.2 Å². The molecule has 0 saturated carbocycles. The molecule has 0 radical (unpaired) electrons. The van der Waals surface area contributed by atoms with Gasteiger partial charge in [-0.1, -0.05) is 61.5 Å². The van der Waals surface area contributed by atoms with Gasteiger partial charge in [-0.25, -0.2) is 0 Å². The minimum absolute atomic E-state index is 0.0605. The number of benzene rings is 2. The Morgan fingerprint density at radius 1 is 0.833 bits per heavy atom. The topological polar surface area (TPSA) is 23.6 Å². The second-order valence-corrected chi connectivity index (χ2v) is 6.65. The Morgan fingerprint density at radius 2 is 1.38 bits per heavy atom. The van der Waals surface area contributed by atoms with E-state index in [1.54, 1.807) is 0 Å². The molecule has 0 bridgehead atoms. The zero-order valence-corrected chi connectivity index (χ0v) is 15.4. The fourth-order valence-electron chi connectivity index (χ4n) is 3.23. The second kappa shape index (κ2) is 8.22. The van der Waals surface area contributed by atoms with Crippen LogP contribution >= 0.6 is 0 Å². The molecule has 0 aliphatic heterocycles. The van der Waals surface area contributed by atoms with Crippen molar-refractivity contribution in [3.63, 3.8) is 0 Å². The van der Waals surface area contributed by atoms with Crippen LogP contribution in [0.2, 0.25) is 0 Å². The number of Topliss-reactive ketones (excluding diaryl/α,β-unsaturated/α-hetero) is 1. The lowest BCUT2D eigenvalue weighted by atomic mass is 9.94. The van der Waals surface area contributed by atoms with Gasteiger partial charge in [-0.05, 0) is 45.7 Å². The molecule has 2 unspecified atom stereocenters. The molecule has 2 rings (SSSR count). The van der Waals surface area contributed by atoms with Gasteiger partial charge in [0.2, 0.25) is 0 Å². The average molecular weight is 324 g/mol. The van der Waals surface area contributed by atoms with Gasteiger partial charge in [0.05, 0.1) is 12.1 Å². The monoisotopic (exact) mass is 324 g/mol. The summed E-state index contributed by atoms with van der Waals surface area (Å²) in [5.41, 5.74) is 3.23. The standard InChI is InChI=1S/C21H28N2O/c1-6-19(22(2)3)21(24)18-14-12-17(13-15-18)20(23(4)5)16-10-8-7-9-11-16/h7-15,19-20H,6H2,1-5H3. The van der Waals surface area contributed by atoms with Crippen LogP contribution in [-0.2, 0) is 0 Å². The van der Waals surface area contributed by atoms with Crippen LogP contribution in [0.1, 0.15) is 40.9 Å². The normalized spacial score (nSPS) is 14.0. The van der Waals surface area contributed by atoms with E-state index in [-0.39, 0.29) is 17.9 Å². The molecule has 0 heterocycles. The smallest absolute Gasteiger partial charge is 0.179 e. The lowest BCUT2D eigenvalue weighted by Gasteiger charge is -2.26. The third-order valence-electron chi connectivity index (χ3n) is 4.46. The first-order chi connectivity index (χ1) is 11.5. The van der Waals surface area contributed by atoms with Gasteiger partial charge in [-0.3, -0.25) is 14.6 Å². The summed E-state index contributed by atoms with van der Waals surface area (Å²) in [6.45, 7) is 2.05. The molecular weight excluding hydrogens is 296 g/mol. The van der Waals surface area contributed by atoms with E-state index in [0.29, 0.717) is 0 Å². The number of carbonyl (C=O) groups excluding carboxylic acids is 1. The van der Waals surface area contributed by atoms with Crippen molar-refractivity contribution in [3.8, 4) is 0 Å². The van der Waals surface area contributed by atoms with Crippen LogP contribution in [0.15, 0.2) is 54.6 Å². The Kier molecular flexibility index (Phi) is 6.29. The zero-order chi connectivity index (χ0) is 17.7. The molecule has 3 heteroatoms. The van der Waals surface area contributed by atoms with E-state index in [9.17, 15) is 4.79 Å². The van der Waals surface area contributed by atoms with Crippen molar-refractivity contribution in [1.82, 2.24) is 9.80 Å². The predicted molar refractivity (Wildman–Crippen MR) is 101 cm³/mol. The summed E-state index contributed by atoms with van der Waals surface area (Å²) in [7, 11) is 8.07. The highest BCUT2D eigenvalue weighted by Crippen LogP contribution is 2.27. The van der Waals surface area contributed by atoms with Gasteiger partial charge < -0.3 is 0 Å². The number of carbonyl (C=O) groups is 1. The molecule has 0 amide bonds. The Morgan fingerprint density at radius 3 is 1.83 bits per heavy atom. The molecule has 0 aliphatic rings. The lowest BCUT2D eigenvalue weighted by molar-refractivity contribution is 0.0871. The summed E-state index contributed by atoms with van der Waals surface area (Å²) >= 11 is 0. The van der Waals surface area contributed by atoms with Crippen LogP contribution in [0.5, 0.6) is 0 Å². The molecule has 2 aromatic carbocycles. The molecular formula is C21H28N2O. The average Bonchev–Trinajstić information content (AvgIpc) is 2.56. The maximum absolute atomic E-state index is 12.7. The Bertz CT molecular complexity index is 647. The van der Waals surface area contributed by atoms with Crippen molar-refractivity contribution in [2.45, 2.75) is 25.4 Å². The van der Waals surface area contributed by atoms with Crippen molar-refractivity contribution < 1.29 is 4.79 Å². The number of rotatable bonds is 7. The molecule has 0 spiro atoms. The van der Waals surface area contributed by atoms with Crippen molar-refractivity contribution in [2.24, 2.45) is 0 Å². The molecule has 2 atom stereocenters. The summed E-state index contributed by atoms with van der Waals surface area (Å²) in [6, 6.07) is 18.6. The molecule has 2 aromatic rings. The molecule has 3 nitrogen and oxygen atoms in total. The maximum Gasteiger partial charge on any atom is 0.179 e. The summed E-state index contributed by atoms with van der Waals surface area (Å²) in [4.78, 5) is 16.8. The van der Waals surface area contributed by atoms with Crippen LogP contribution in [0.25, 0.3) is 0 Å². The van der Waals surface area contributed by atoms with Crippen LogP contribution in [0.4, 0.5) is 0 Å². The predicted octanol–water partition coefficient (Wildman–Crippen LogP) is 3.86. The number of likely N-dealkylation sites (N-methyl/N-ethyl adjacent to an activating group) is 1. The van der Waals surface area contributed by atoms with Gasteiger partial charge in [-0.2, -0.15) is 0 Å². The third-order valence-corrected chi connectivity index (χ3v) is 4.46. The minimum Gasteiger partial charge on any atom is -0.299 e. The summed E-state index contributed by atoms with van der Waals surface area (Å²) in [5, 5.41) is 0. The Labute approximate surface area is 145 Å². The number of nitrogens with zero attached hydrogens (tertiary/aromatic N) is 2. The lowest BCUT2D eigenvalue weighted by Crippen LogP contribution is -2.35. The van der Waals surface area contributed by atoms with Gasteiger partial charge in [0.25, 0.3) is 0 Å². The van der Waals surface area contributed by atoms with E-state index in [1.165, 1.54) is 11.1 Å². The maximum atomic E-state index is 12.7. The third kappa shape index (κ3) is 4.11. The molecule has 0 aromatic heterocycles. The molecule has 0 N–H and O–H groups in total. The van der Waals surface area contributed by atoms with Crippen LogP contribution < -0.4 is 0 Å². The van der Waals surface area contributed by atoms with Crippen LogP contribution in [0, 0.1) is 0 Å². The van der Waals surface area contributed by atoms with Crippen molar-refractivity contribution in [3.05, 3.63) is 71.3 Å². The van der Waals surface area contributed by atoms with Crippen molar-refractivity contribution >= 4 is 5.78 Å². The van der Waals surface area contributed by atoms with E-state index in [4.69, 9.17) is 0 Å². The first-order valence-corrected chi connectivity index (χ1v) is 8.47. The molecule has 128 valence electrons. The van der Waals surface area contributed by atoms with Gasteiger partial charge in [-0.15, -0.1) is 0 Å². The zero-order valence-electron chi connectivity index (χ0n) is 15.4. The van der Waals surface area contributed by atoms with E-state index in [2.05, 4.69) is 62.3 Å². The van der Waals surface area contributed by atoms with Gasteiger partial charge in [0.15, 0.2) is 5.78 Å². The summed E-state index contributed by atoms with van der Waals surface area (Å²) in [5.74, 6) is 0.190. The Balaban J connectivity index is 2.29. The van der Waals surface area contributed by atoms with Crippen molar-refractivity contribution in [1.29, 1.82) is 0 Å². The number of hydrogen-bond donors (Lipinski definition) is 0. The largest absolute Gasteiger partial charge is 0.299 e. The number of ketones is 1. The fourth-order valence-corrected chi connectivity index (χ4v) is 3.23. The second-order valence-electron chi connectivity index (χ2n) is 6.65. The van der Waals surface area contributed by atoms with Crippen LogP contribution in [-0.4, -0.2) is 49.8 Å². The van der Waals surface area contributed by atoms with E-state index >= 15 is 0 Å². The summed E-state index contributed by atoms with van der Waals surface area (Å²) in [6.07, 6.45) is 0.817. The van der Waals surface area contributed by atoms with Gasteiger partial charge in [0, 0.05) is 5.56 Å². The first kappa shape index (κ1) is 18.4. The Hall–Kier alpha value is -1.97. The first-order valence-electron chi connectivity index (χ1n) is 8.47. The molecule has 0 aliphatic carbocycles. The van der Waals surface area contributed by atoms with Gasteiger partial charge >= 0.3 is 0 Å². The molecule has 0 fully saturated rings. The fraction of sp³-hybridized carbons (Fsp3) is 0.381. The number of hydrogen-bond acceptors (Lipinski definition) is 3. The quantitative estimate of drug-likeness (QED) is 0.723.